The number of hydrogen-bond acceptors (Lipinski definition) is 4. The highest BCUT2D eigenvalue weighted by molar-refractivity contribution is 5.94. The zero-order valence-corrected chi connectivity index (χ0v) is 17.5. The molecule has 7 heteroatoms. The van der Waals surface area contributed by atoms with E-state index in [0.717, 1.165) is 37.0 Å². The number of aromatic nitrogens is 3. The fourth-order valence-electron chi connectivity index (χ4n) is 3.84. The van der Waals surface area contributed by atoms with E-state index in [1.54, 1.807) is 12.3 Å². The summed E-state index contributed by atoms with van der Waals surface area (Å²) in [6, 6.07) is 9.22. The molecule has 2 aromatic heterocycles. The molecule has 0 atom stereocenters. The minimum Gasteiger partial charge on any atom is -0.308 e. The first-order valence-electron chi connectivity index (χ1n) is 10.6. The van der Waals surface area contributed by atoms with Gasteiger partial charge in [0.2, 0.25) is 5.91 Å². The summed E-state index contributed by atoms with van der Waals surface area (Å²) in [5, 5.41) is 10.4. The van der Waals surface area contributed by atoms with E-state index in [9.17, 15) is 4.79 Å². The van der Waals surface area contributed by atoms with Gasteiger partial charge in [-0.05, 0) is 57.1 Å². The molecule has 4 rings (SSSR count). The first-order chi connectivity index (χ1) is 14.4. The minimum atomic E-state index is -0.607. The largest absolute Gasteiger partial charge is 0.308 e. The smallest absolute Gasteiger partial charge is 0.231 e. The van der Waals surface area contributed by atoms with Crippen molar-refractivity contribution in [3.63, 3.8) is 0 Å². The number of likely N-dealkylation sites (tertiary alicyclic amines) is 1. The monoisotopic (exact) mass is 409 g/mol. The number of carbonyl (C=O) groups is 1. The van der Waals surface area contributed by atoms with Crippen LogP contribution < -0.4 is 5.32 Å². The number of aromatic amines is 1. The van der Waals surface area contributed by atoms with Gasteiger partial charge in [-0.25, -0.2) is 4.39 Å². The summed E-state index contributed by atoms with van der Waals surface area (Å²) in [5.74, 6) is -0.762. The van der Waals surface area contributed by atoms with Crippen molar-refractivity contribution < 1.29 is 9.18 Å². The molecule has 3 heterocycles. The fourth-order valence-corrected chi connectivity index (χ4v) is 3.84. The van der Waals surface area contributed by atoms with Crippen LogP contribution in [0.5, 0.6) is 0 Å². The summed E-state index contributed by atoms with van der Waals surface area (Å²) >= 11 is 0. The number of hydrogen-bond donors (Lipinski definition) is 2. The predicted molar refractivity (Wildman–Crippen MR) is 117 cm³/mol. The quantitative estimate of drug-likeness (QED) is 0.624. The van der Waals surface area contributed by atoms with Crippen molar-refractivity contribution in [1.29, 1.82) is 0 Å². The summed E-state index contributed by atoms with van der Waals surface area (Å²) in [7, 11) is 0. The second-order valence-corrected chi connectivity index (χ2v) is 8.66. The van der Waals surface area contributed by atoms with Crippen molar-refractivity contribution in [2.75, 3.05) is 25.0 Å². The third kappa shape index (κ3) is 4.36. The van der Waals surface area contributed by atoms with Crippen molar-refractivity contribution in [3.05, 3.63) is 42.3 Å². The van der Waals surface area contributed by atoms with Gasteiger partial charge in [-0.2, -0.15) is 5.10 Å². The minimum absolute atomic E-state index is 0.00679. The molecule has 0 aliphatic carbocycles. The Morgan fingerprint density at radius 1 is 1.23 bits per heavy atom. The summed E-state index contributed by atoms with van der Waals surface area (Å²) in [6.07, 6.45) is 6.17. The number of pyridine rings is 1. The number of piperidine rings is 1. The molecule has 2 N–H and O–H groups in total. The van der Waals surface area contributed by atoms with E-state index >= 15 is 4.39 Å². The van der Waals surface area contributed by atoms with Gasteiger partial charge in [0.1, 0.15) is 5.69 Å². The number of rotatable bonds is 6. The molecule has 30 heavy (non-hydrogen) atoms. The average Bonchev–Trinajstić information content (AvgIpc) is 3.13. The molecule has 0 spiro atoms. The Hall–Kier alpha value is -2.80. The Morgan fingerprint density at radius 2 is 2.03 bits per heavy atom. The standard InChI is InChI=1S/C23H28FN5O/c1-23(2,10-14-29-12-4-3-5-13-29)22(30)26-21-19(24)20(27-28-21)17-8-9-18-16(15-17)7-6-11-25-18/h6-9,11,15H,3-5,10,12-14H2,1-2H3,(H2,26,27,28,30). The lowest BCUT2D eigenvalue weighted by molar-refractivity contribution is -0.124. The van der Waals surface area contributed by atoms with Crippen LogP contribution in [0.3, 0.4) is 0 Å². The second-order valence-electron chi connectivity index (χ2n) is 8.66. The van der Waals surface area contributed by atoms with Gasteiger partial charge in [0.25, 0.3) is 0 Å². The lowest BCUT2D eigenvalue weighted by Gasteiger charge is -2.30. The Labute approximate surface area is 175 Å². The van der Waals surface area contributed by atoms with Gasteiger partial charge in [0, 0.05) is 22.6 Å². The first kappa shape index (κ1) is 20.5. The van der Waals surface area contributed by atoms with Crippen LogP contribution in [-0.2, 0) is 4.79 Å². The molecule has 1 saturated heterocycles. The average molecular weight is 410 g/mol. The molecule has 1 amide bonds. The van der Waals surface area contributed by atoms with Crippen LogP contribution in [0.4, 0.5) is 10.2 Å². The molecular formula is C23H28FN5O. The maximum atomic E-state index is 15.0. The van der Waals surface area contributed by atoms with Gasteiger partial charge in [-0.1, -0.05) is 32.4 Å². The molecule has 1 fully saturated rings. The van der Waals surface area contributed by atoms with Gasteiger partial charge in [0.05, 0.1) is 5.52 Å². The Balaban J connectivity index is 1.45. The Morgan fingerprint density at radius 3 is 2.83 bits per heavy atom. The van der Waals surface area contributed by atoms with Crippen LogP contribution in [0.15, 0.2) is 36.5 Å². The van der Waals surface area contributed by atoms with E-state index in [1.165, 1.54) is 19.3 Å². The lowest BCUT2D eigenvalue weighted by Crippen LogP contribution is -2.37. The highest BCUT2D eigenvalue weighted by Gasteiger charge is 2.30. The van der Waals surface area contributed by atoms with Crippen LogP contribution in [0.25, 0.3) is 22.2 Å². The lowest BCUT2D eigenvalue weighted by atomic mass is 9.87. The third-order valence-electron chi connectivity index (χ3n) is 5.94. The van der Waals surface area contributed by atoms with Crippen LogP contribution >= 0.6 is 0 Å². The molecule has 0 saturated carbocycles. The van der Waals surface area contributed by atoms with Crippen molar-refractivity contribution in [2.45, 2.75) is 39.5 Å². The summed E-state index contributed by atoms with van der Waals surface area (Å²) in [6.45, 7) is 6.87. The van der Waals surface area contributed by atoms with Gasteiger partial charge in [-0.15, -0.1) is 0 Å². The normalized spacial score (nSPS) is 15.4. The number of halogens is 1. The van der Waals surface area contributed by atoms with Crippen LogP contribution in [0.1, 0.15) is 39.5 Å². The molecule has 6 nitrogen and oxygen atoms in total. The number of nitrogens with one attached hydrogen (secondary N) is 2. The van der Waals surface area contributed by atoms with Crippen molar-refractivity contribution >= 4 is 22.6 Å². The SMILES string of the molecule is CC(C)(CCN1CCCCC1)C(=O)Nc1[nH]nc(-c2ccc3ncccc3c2)c1F. The van der Waals surface area contributed by atoms with Crippen LogP contribution in [0, 0.1) is 11.2 Å². The summed E-state index contributed by atoms with van der Waals surface area (Å²) in [4.78, 5) is 19.5. The number of fused-ring (bicyclic) bond motifs is 1. The first-order valence-corrected chi connectivity index (χ1v) is 10.6. The Bertz CT molecular complexity index is 1040. The number of nitrogens with zero attached hydrogens (tertiary/aromatic N) is 3. The van der Waals surface area contributed by atoms with Crippen LogP contribution in [0.2, 0.25) is 0 Å². The van der Waals surface area contributed by atoms with Gasteiger partial charge in [-0.3, -0.25) is 14.9 Å². The van der Waals surface area contributed by atoms with Gasteiger partial charge >= 0.3 is 0 Å². The van der Waals surface area contributed by atoms with Gasteiger partial charge < -0.3 is 10.2 Å². The van der Waals surface area contributed by atoms with E-state index in [0.29, 0.717) is 5.56 Å². The zero-order chi connectivity index (χ0) is 21.1. The molecule has 0 radical (unpaired) electrons. The predicted octanol–water partition coefficient (Wildman–Crippen LogP) is 4.60. The number of anilines is 1. The molecule has 158 valence electrons. The topological polar surface area (TPSA) is 73.9 Å². The molecule has 1 aromatic carbocycles. The van der Waals surface area contributed by atoms with Crippen molar-refractivity contribution in [1.82, 2.24) is 20.1 Å². The van der Waals surface area contributed by atoms with E-state index in [2.05, 4.69) is 25.4 Å². The maximum absolute atomic E-state index is 15.0. The number of amides is 1. The van der Waals surface area contributed by atoms with Gasteiger partial charge in [0.15, 0.2) is 11.6 Å². The number of carbonyl (C=O) groups excluding carboxylic acids is 1. The Kier molecular flexibility index (Phi) is 5.81. The molecule has 3 aromatic rings. The van der Waals surface area contributed by atoms with Crippen molar-refractivity contribution in [2.24, 2.45) is 5.41 Å². The number of benzene rings is 1. The number of H-pyrrole nitrogens is 1. The third-order valence-corrected chi connectivity index (χ3v) is 5.94. The molecule has 1 aliphatic rings. The highest BCUT2D eigenvalue weighted by Crippen LogP contribution is 2.29. The summed E-state index contributed by atoms with van der Waals surface area (Å²) in [5.41, 5.74) is 1.04. The van der Waals surface area contributed by atoms with Crippen LogP contribution in [-0.4, -0.2) is 45.6 Å². The van der Waals surface area contributed by atoms with E-state index in [-0.39, 0.29) is 17.4 Å². The van der Waals surface area contributed by atoms with E-state index < -0.39 is 11.2 Å². The highest BCUT2D eigenvalue weighted by atomic mass is 19.1. The van der Waals surface area contributed by atoms with Crippen molar-refractivity contribution in [3.8, 4) is 11.3 Å². The van der Waals surface area contributed by atoms with E-state index in [4.69, 9.17) is 0 Å². The zero-order valence-electron chi connectivity index (χ0n) is 17.5. The summed E-state index contributed by atoms with van der Waals surface area (Å²) < 4.78 is 15.0. The molecule has 0 unspecified atom stereocenters. The molecule has 1 aliphatic heterocycles. The molecule has 0 bridgehead atoms. The second kappa shape index (κ2) is 8.52. The fraction of sp³-hybridized carbons (Fsp3) is 0.435. The molecular weight excluding hydrogens is 381 g/mol. The van der Waals surface area contributed by atoms with E-state index in [1.807, 2.05) is 38.1 Å². The maximum Gasteiger partial charge on any atom is 0.231 e.